The van der Waals surface area contributed by atoms with E-state index in [1.165, 1.54) is 34.3 Å². The summed E-state index contributed by atoms with van der Waals surface area (Å²) in [5, 5.41) is 10.4. The lowest BCUT2D eigenvalue weighted by Gasteiger charge is -2.07. The van der Waals surface area contributed by atoms with E-state index in [0.717, 1.165) is 17.1 Å². The van der Waals surface area contributed by atoms with E-state index >= 15 is 0 Å². The molecule has 9 heteroatoms. The van der Waals surface area contributed by atoms with Crippen molar-refractivity contribution in [2.75, 3.05) is 0 Å². The zero-order valence-corrected chi connectivity index (χ0v) is 12.8. The van der Waals surface area contributed by atoms with Crippen molar-refractivity contribution in [3.63, 3.8) is 0 Å². The van der Waals surface area contributed by atoms with Crippen LogP contribution in [0.3, 0.4) is 0 Å². The second kappa shape index (κ2) is 5.74. The smallest absolute Gasteiger partial charge is 0.322 e. The summed E-state index contributed by atoms with van der Waals surface area (Å²) in [5.41, 5.74) is 6.38. The first-order valence-corrected chi connectivity index (χ1v) is 7.54. The second-order valence-electron chi connectivity index (χ2n) is 4.96. The highest BCUT2D eigenvalue weighted by Crippen LogP contribution is 2.30. The minimum absolute atomic E-state index is 0.188. The van der Waals surface area contributed by atoms with Crippen molar-refractivity contribution in [2.45, 2.75) is 19.1 Å². The Morgan fingerprint density at radius 1 is 1.26 bits per heavy atom. The first kappa shape index (κ1) is 15.6. The molecular formula is C14H12F3N5S. The number of hydrogen-bond acceptors (Lipinski definition) is 5. The van der Waals surface area contributed by atoms with Crippen LogP contribution in [-0.4, -0.2) is 20.0 Å². The highest BCUT2D eigenvalue weighted by Gasteiger charge is 2.30. The van der Waals surface area contributed by atoms with E-state index in [2.05, 4.69) is 15.3 Å². The Labute approximate surface area is 133 Å². The van der Waals surface area contributed by atoms with Gasteiger partial charge < -0.3 is 5.73 Å². The standard InChI is InChI=1S/C14H12F3N5S/c1-8(18)13-19-12(7-23-13)11-6-22(21-20-11)10-4-2-3-9(5-10)14(15,16)17/h2-8H,18H2,1H3. The van der Waals surface area contributed by atoms with Crippen LogP contribution in [0.1, 0.15) is 23.5 Å². The normalized spacial score (nSPS) is 13.3. The summed E-state index contributed by atoms with van der Waals surface area (Å²) in [5.74, 6) is 0. The molecule has 2 heterocycles. The van der Waals surface area contributed by atoms with Crippen molar-refractivity contribution in [1.82, 2.24) is 20.0 Å². The quantitative estimate of drug-likeness (QED) is 0.794. The first-order chi connectivity index (χ1) is 10.8. The van der Waals surface area contributed by atoms with Gasteiger partial charge in [-0.2, -0.15) is 13.2 Å². The van der Waals surface area contributed by atoms with Crippen LogP contribution >= 0.6 is 11.3 Å². The first-order valence-electron chi connectivity index (χ1n) is 6.66. The van der Waals surface area contributed by atoms with Gasteiger partial charge in [0.1, 0.15) is 16.4 Å². The second-order valence-corrected chi connectivity index (χ2v) is 5.85. The van der Waals surface area contributed by atoms with Gasteiger partial charge >= 0.3 is 6.18 Å². The molecule has 1 aromatic carbocycles. The lowest BCUT2D eigenvalue weighted by atomic mass is 10.2. The van der Waals surface area contributed by atoms with Gasteiger partial charge in [-0.3, -0.25) is 0 Å². The molecule has 0 fully saturated rings. The Morgan fingerprint density at radius 3 is 2.70 bits per heavy atom. The maximum atomic E-state index is 12.8. The van der Waals surface area contributed by atoms with E-state index in [9.17, 15) is 13.2 Å². The van der Waals surface area contributed by atoms with Crippen molar-refractivity contribution < 1.29 is 13.2 Å². The Balaban J connectivity index is 1.92. The average molecular weight is 339 g/mol. The van der Waals surface area contributed by atoms with Crippen molar-refractivity contribution in [1.29, 1.82) is 0 Å². The van der Waals surface area contributed by atoms with Gasteiger partial charge in [0.25, 0.3) is 0 Å². The topological polar surface area (TPSA) is 69.6 Å². The van der Waals surface area contributed by atoms with Gasteiger partial charge in [-0.15, -0.1) is 16.4 Å². The largest absolute Gasteiger partial charge is 0.416 e. The molecule has 0 spiro atoms. The Bertz CT molecular complexity index is 822. The number of alkyl halides is 3. The molecule has 0 saturated carbocycles. The number of nitrogens with zero attached hydrogens (tertiary/aromatic N) is 4. The number of nitrogens with two attached hydrogens (primary N) is 1. The molecule has 2 aromatic heterocycles. The summed E-state index contributed by atoms with van der Waals surface area (Å²) in [6.45, 7) is 1.82. The number of rotatable bonds is 3. The molecule has 3 aromatic rings. The van der Waals surface area contributed by atoms with Crippen LogP contribution in [0.4, 0.5) is 13.2 Å². The maximum Gasteiger partial charge on any atom is 0.416 e. The molecule has 0 aliphatic carbocycles. The van der Waals surface area contributed by atoms with E-state index in [1.807, 2.05) is 6.92 Å². The van der Waals surface area contributed by atoms with Crippen LogP contribution in [0, 0.1) is 0 Å². The van der Waals surface area contributed by atoms with Crippen LogP contribution in [0.25, 0.3) is 17.1 Å². The van der Waals surface area contributed by atoms with E-state index < -0.39 is 11.7 Å². The number of hydrogen-bond donors (Lipinski definition) is 1. The van der Waals surface area contributed by atoms with Crippen molar-refractivity contribution >= 4 is 11.3 Å². The van der Waals surface area contributed by atoms with Gasteiger partial charge in [0.15, 0.2) is 0 Å². The van der Waals surface area contributed by atoms with Crippen LogP contribution < -0.4 is 5.73 Å². The number of halogens is 3. The molecule has 0 aliphatic heterocycles. The van der Waals surface area contributed by atoms with Crippen molar-refractivity contribution in [2.24, 2.45) is 5.73 Å². The lowest BCUT2D eigenvalue weighted by molar-refractivity contribution is -0.137. The molecule has 0 aliphatic rings. The number of thiazole rings is 1. The molecule has 1 unspecified atom stereocenters. The fourth-order valence-corrected chi connectivity index (χ4v) is 2.72. The molecule has 0 radical (unpaired) electrons. The minimum Gasteiger partial charge on any atom is -0.322 e. The van der Waals surface area contributed by atoms with Gasteiger partial charge in [-0.1, -0.05) is 11.3 Å². The fourth-order valence-electron chi connectivity index (χ4n) is 1.95. The van der Waals surface area contributed by atoms with E-state index in [0.29, 0.717) is 11.4 Å². The minimum atomic E-state index is -4.40. The molecule has 120 valence electrons. The molecule has 0 saturated heterocycles. The third-order valence-electron chi connectivity index (χ3n) is 3.11. The van der Waals surface area contributed by atoms with Gasteiger partial charge in [-0.25, -0.2) is 9.67 Å². The zero-order chi connectivity index (χ0) is 16.6. The van der Waals surface area contributed by atoms with Crippen molar-refractivity contribution in [3.8, 4) is 17.1 Å². The lowest BCUT2D eigenvalue weighted by Crippen LogP contribution is -2.06. The Kier molecular flexibility index (Phi) is 3.90. The number of benzene rings is 1. The zero-order valence-electron chi connectivity index (χ0n) is 11.9. The van der Waals surface area contributed by atoms with Gasteiger partial charge in [0.05, 0.1) is 23.5 Å². The maximum absolute atomic E-state index is 12.8. The molecule has 2 N–H and O–H groups in total. The van der Waals surface area contributed by atoms with Crippen LogP contribution in [0.5, 0.6) is 0 Å². The molecule has 3 rings (SSSR count). The van der Waals surface area contributed by atoms with Gasteiger partial charge in [0.2, 0.25) is 0 Å². The molecule has 1 atom stereocenters. The summed E-state index contributed by atoms with van der Waals surface area (Å²) in [6, 6.07) is 4.70. The Morgan fingerprint density at radius 2 is 2.04 bits per heavy atom. The summed E-state index contributed by atoms with van der Waals surface area (Å²) < 4.78 is 39.6. The summed E-state index contributed by atoms with van der Waals surface area (Å²) in [7, 11) is 0. The predicted molar refractivity (Wildman–Crippen MR) is 80.1 cm³/mol. The highest BCUT2D eigenvalue weighted by molar-refractivity contribution is 7.10. The van der Waals surface area contributed by atoms with Crippen molar-refractivity contribution in [3.05, 3.63) is 46.4 Å². The molecule has 23 heavy (non-hydrogen) atoms. The third-order valence-corrected chi connectivity index (χ3v) is 4.15. The monoisotopic (exact) mass is 339 g/mol. The summed E-state index contributed by atoms with van der Waals surface area (Å²) in [6.07, 6.45) is -2.87. The van der Waals surface area contributed by atoms with Crippen LogP contribution in [0.15, 0.2) is 35.8 Å². The number of aromatic nitrogens is 4. The van der Waals surface area contributed by atoms with Crippen LogP contribution in [-0.2, 0) is 6.18 Å². The fraction of sp³-hybridized carbons (Fsp3) is 0.214. The highest BCUT2D eigenvalue weighted by atomic mass is 32.1. The molecule has 0 amide bonds. The van der Waals surface area contributed by atoms with E-state index in [1.54, 1.807) is 5.38 Å². The van der Waals surface area contributed by atoms with Crippen LogP contribution in [0.2, 0.25) is 0 Å². The van der Waals surface area contributed by atoms with E-state index in [4.69, 9.17) is 5.73 Å². The average Bonchev–Trinajstić information content (AvgIpc) is 3.15. The van der Waals surface area contributed by atoms with Gasteiger partial charge in [-0.05, 0) is 25.1 Å². The van der Waals surface area contributed by atoms with Gasteiger partial charge in [0, 0.05) is 5.38 Å². The summed E-state index contributed by atoms with van der Waals surface area (Å²) >= 11 is 1.40. The molecular weight excluding hydrogens is 327 g/mol. The molecule has 0 bridgehead atoms. The third kappa shape index (κ3) is 3.25. The SMILES string of the molecule is CC(N)c1nc(-c2cn(-c3cccc(C(F)(F)F)c3)nn2)cs1. The predicted octanol–water partition coefficient (Wildman–Crippen LogP) is 3.43. The summed E-state index contributed by atoms with van der Waals surface area (Å²) in [4.78, 5) is 4.34. The molecule has 5 nitrogen and oxygen atoms in total. The van der Waals surface area contributed by atoms with E-state index in [-0.39, 0.29) is 11.7 Å². The Hall–Kier alpha value is -2.26.